The van der Waals surface area contributed by atoms with Crippen LogP contribution < -0.4 is 5.32 Å². The summed E-state index contributed by atoms with van der Waals surface area (Å²) in [4.78, 5) is 61.0. The molecule has 1 rings (SSSR count). The third kappa shape index (κ3) is 7.52. The van der Waals surface area contributed by atoms with Crippen molar-refractivity contribution >= 4 is 27.4 Å². The van der Waals surface area contributed by atoms with E-state index in [9.17, 15) is 48.5 Å². The highest BCUT2D eigenvalue weighted by atomic mass is 31.3. The third-order valence-electron chi connectivity index (χ3n) is 3.91. The predicted molar refractivity (Wildman–Crippen MR) is 101 cm³/mol. The molecule has 0 saturated heterocycles. The van der Waals surface area contributed by atoms with Crippen LogP contribution >= 0.6 is 15.5 Å². The normalized spacial score (nSPS) is 13.3. The van der Waals surface area contributed by atoms with Crippen molar-refractivity contribution in [2.45, 2.75) is 38.6 Å². The van der Waals surface area contributed by atoms with Crippen LogP contribution in [0.3, 0.4) is 0 Å². The molecule has 0 aromatic heterocycles. The Morgan fingerprint density at radius 1 is 1.10 bits per heavy atom. The second kappa shape index (κ2) is 10.3. The van der Waals surface area contributed by atoms with E-state index < -0.39 is 44.3 Å². The number of aromatic hydroxyl groups is 1. The molecule has 0 unspecified atom stereocenters. The van der Waals surface area contributed by atoms with Gasteiger partial charge in [0, 0.05) is 18.5 Å². The maximum absolute atomic E-state index is 12.4. The molecule has 14 heteroatoms. The zero-order chi connectivity index (χ0) is 22.4. The second-order valence-corrected chi connectivity index (χ2v) is 9.44. The number of nitrogens with zero attached hydrogens (tertiary/aromatic N) is 1. The molecule has 12 nitrogen and oxygen atoms in total. The van der Waals surface area contributed by atoms with Crippen LogP contribution in [0.5, 0.6) is 5.75 Å². The number of aliphatic carboxylic acids is 1. The quantitative estimate of drug-likeness (QED) is 0.184. The number of carbonyl (C=O) groups excluding carboxylic acids is 1. The molecule has 0 heterocycles. The minimum atomic E-state index is -5.68. The molecule has 0 aliphatic carbocycles. The fourth-order valence-corrected chi connectivity index (χ4v) is 4.92. The molecule has 1 aromatic rings. The lowest BCUT2D eigenvalue weighted by Gasteiger charge is -2.29. The molecule has 0 bridgehead atoms. The fraction of sp³-hybridized carbons (Fsp3) is 0.467. The first-order valence-electron chi connectivity index (χ1n) is 8.53. The predicted octanol–water partition coefficient (Wildman–Crippen LogP) is 0.795. The highest BCUT2D eigenvalue weighted by Gasteiger charge is 2.48. The van der Waals surface area contributed by atoms with Crippen LogP contribution in [0.2, 0.25) is 0 Å². The number of hydrogen-bond donors (Lipinski definition) is 7. The highest BCUT2D eigenvalue weighted by Crippen LogP contribution is 2.59. The number of amides is 1. The number of carbonyl (C=O) groups is 2. The standard InChI is InChI=1S/C15H24N2O10P2/c1-2-3-4-7-16-14(19)12-9-11(18)6-5-10(12)8-13(15(20)21)17(28(22,23)24)29(25,26)27/h5-6,9,13,18H,2-4,7-8H2,1H3,(H,16,19)(H,20,21)(H2,22,23,24)(H2,25,26,27)/t13-/m0/s1. The largest absolute Gasteiger partial charge is 0.508 e. The van der Waals surface area contributed by atoms with E-state index in [2.05, 4.69) is 5.32 Å². The summed E-state index contributed by atoms with van der Waals surface area (Å²) < 4.78 is 22.4. The Labute approximate surface area is 166 Å². The molecule has 164 valence electrons. The zero-order valence-electron chi connectivity index (χ0n) is 15.5. The van der Waals surface area contributed by atoms with E-state index in [1.807, 2.05) is 6.92 Å². The Morgan fingerprint density at radius 3 is 2.17 bits per heavy atom. The van der Waals surface area contributed by atoms with E-state index in [0.717, 1.165) is 31.0 Å². The minimum Gasteiger partial charge on any atom is -0.508 e. The van der Waals surface area contributed by atoms with Gasteiger partial charge in [0.25, 0.3) is 5.91 Å². The monoisotopic (exact) mass is 454 g/mol. The van der Waals surface area contributed by atoms with E-state index in [1.165, 1.54) is 0 Å². The van der Waals surface area contributed by atoms with Gasteiger partial charge in [-0.2, -0.15) is 0 Å². The first-order valence-corrected chi connectivity index (χ1v) is 11.7. The van der Waals surface area contributed by atoms with Gasteiger partial charge >= 0.3 is 21.5 Å². The molecule has 0 fully saturated rings. The highest BCUT2D eigenvalue weighted by molar-refractivity contribution is 7.65. The molecule has 0 aliphatic rings. The van der Waals surface area contributed by atoms with Crippen molar-refractivity contribution in [3.05, 3.63) is 29.3 Å². The Bertz CT molecular complexity index is 812. The SMILES string of the molecule is CCCCCNC(=O)c1cc(O)ccc1C[C@@H](C(=O)O)N(P(=O)(O)O)P(=O)(O)O. The summed E-state index contributed by atoms with van der Waals surface area (Å²) in [6.07, 6.45) is 1.63. The van der Waals surface area contributed by atoms with Gasteiger partial charge in [0.05, 0.1) is 0 Å². The van der Waals surface area contributed by atoms with Gasteiger partial charge < -0.3 is 35.1 Å². The molecule has 29 heavy (non-hydrogen) atoms. The molecule has 0 radical (unpaired) electrons. The van der Waals surface area contributed by atoms with Crippen molar-refractivity contribution < 1.29 is 48.5 Å². The van der Waals surface area contributed by atoms with Crippen LogP contribution in [0.4, 0.5) is 0 Å². The average molecular weight is 454 g/mol. The Kier molecular flexibility index (Phi) is 8.98. The Hall–Kier alpha value is -1.78. The molecule has 1 amide bonds. The van der Waals surface area contributed by atoms with Crippen LogP contribution in [0.1, 0.15) is 42.1 Å². The van der Waals surface area contributed by atoms with Gasteiger partial charge in [0.2, 0.25) is 0 Å². The maximum Gasteiger partial charge on any atom is 0.413 e. The lowest BCUT2D eigenvalue weighted by Crippen LogP contribution is -2.39. The lowest BCUT2D eigenvalue weighted by atomic mass is 9.99. The summed E-state index contributed by atoms with van der Waals surface area (Å²) in [5.74, 6) is -2.91. The number of unbranched alkanes of at least 4 members (excludes halogenated alkanes) is 2. The molecule has 0 saturated carbocycles. The van der Waals surface area contributed by atoms with E-state index >= 15 is 0 Å². The second-order valence-electron chi connectivity index (χ2n) is 6.21. The van der Waals surface area contributed by atoms with Gasteiger partial charge in [-0.25, -0.2) is 9.13 Å². The number of phenolic OH excluding ortho intramolecular Hbond substituents is 1. The van der Waals surface area contributed by atoms with Gasteiger partial charge in [-0.1, -0.05) is 30.3 Å². The van der Waals surface area contributed by atoms with E-state index in [1.54, 1.807) is 0 Å². The van der Waals surface area contributed by atoms with Crippen LogP contribution in [-0.4, -0.2) is 58.7 Å². The molecule has 0 spiro atoms. The van der Waals surface area contributed by atoms with Gasteiger partial charge in [-0.3, -0.25) is 9.59 Å². The van der Waals surface area contributed by atoms with Gasteiger partial charge in [0.1, 0.15) is 11.8 Å². The molecular weight excluding hydrogens is 430 g/mol. The summed E-state index contributed by atoms with van der Waals surface area (Å²) in [5.41, 5.74) is -0.251. The molecule has 1 aromatic carbocycles. The summed E-state index contributed by atoms with van der Waals surface area (Å²) in [5, 5.41) is 21.6. The van der Waals surface area contributed by atoms with Gasteiger partial charge in [-0.15, -0.1) is 0 Å². The first kappa shape index (κ1) is 25.3. The van der Waals surface area contributed by atoms with Gasteiger partial charge in [0.15, 0.2) is 0 Å². The lowest BCUT2D eigenvalue weighted by molar-refractivity contribution is -0.141. The van der Waals surface area contributed by atoms with Crippen molar-refractivity contribution in [3.8, 4) is 5.75 Å². The van der Waals surface area contributed by atoms with E-state index in [0.29, 0.717) is 13.0 Å². The molecule has 1 atom stereocenters. The van der Waals surface area contributed by atoms with Crippen LogP contribution in [0.15, 0.2) is 18.2 Å². The molecule has 7 N–H and O–H groups in total. The summed E-state index contributed by atoms with van der Waals surface area (Å²) >= 11 is 0. The first-order chi connectivity index (χ1) is 13.3. The van der Waals surface area contributed by atoms with Crippen LogP contribution in [-0.2, 0) is 20.3 Å². The van der Waals surface area contributed by atoms with Crippen molar-refractivity contribution in [1.82, 2.24) is 9.76 Å². The number of rotatable bonds is 11. The van der Waals surface area contributed by atoms with Crippen LogP contribution in [0, 0.1) is 0 Å². The number of carboxylic acids is 1. The Morgan fingerprint density at radius 2 is 1.69 bits per heavy atom. The zero-order valence-corrected chi connectivity index (χ0v) is 17.3. The summed E-state index contributed by atoms with van der Waals surface area (Å²) in [6, 6.07) is 0.946. The Balaban J connectivity index is 3.28. The topological polar surface area (TPSA) is 205 Å². The number of carboxylic acid groups (broad SMARTS) is 1. The average Bonchev–Trinajstić information content (AvgIpc) is 2.56. The number of phenols is 1. The summed E-state index contributed by atoms with van der Waals surface area (Å²) in [6.45, 7) is 2.27. The summed E-state index contributed by atoms with van der Waals surface area (Å²) in [7, 11) is -11.4. The van der Waals surface area contributed by atoms with Crippen molar-refractivity contribution in [1.29, 1.82) is 0 Å². The van der Waals surface area contributed by atoms with Crippen molar-refractivity contribution in [3.63, 3.8) is 0 Å². The van der Waals surface area contributed by atoms with Crippen LogP contribution in [0.25, 0.3) is 0 Å². The number of hydrogen-bond acceptors (Lipinski definition) is 5. The molecular formula is C15H24N2O10P2. The van der Waals surface area contributed by atoms with Crippen molar-refractivity contribution in [2.75, 3.05) is 6.54 Å². The number of nitrogens with one attached hydrogen (secondary N) is 1. The van der Waals surface area contributed by atoms with E-state index in [-0.39, 0.29) is 16.9 Å². The van der Waals surface area contributed by atoms with E-state index in [4.69, 9.17) is 0 Å². The number of benzene rings is 1. The molecule has 0 aliphatic heterocycles. The van der Waals surface area contributed by atoms with Gasteiger partial charge in [-0.05, 0) is 24.1 Å². The minimum absolute atomic E-state index is 0.0740. The smallest absolute Gasteiger partial charge is 0.413 e. The van der Waals surface area contributed by atoms with Crippen molar-refractivity contribution in [2.24, 2.45) is 0 Å². The maximum atomic E-state index is 12.4. The third-order valence-corrected chi connectivity index (χ3v) is 6.94. The fourth-order valence-electron chi connectivity index (χ4n) is 2.62.